The third kappa shape index (κ3) is 3.57. The van der Waals surface area contributed by atoms with Crippen LogP contribution in [0.2, 0.25) is 0 Å². The number of nitrogens with zero attached hydrogens (tertiary/aromatic N) is 1. The van der Waals surface area contributed by atoms with Crippen molar-refractivity contribution in [2.75, 3.05) is 11.9 Å². The first kappa shape index (κ1) is 14.5. The van der Waals surface area contributed by atoms with Gasteiger partial charge >= 0.3 is 0 Å². The topological polar surface area (TPSA) is 55.2 Å². The van der Waals surface area contributed by atoms with Gasteiger partial charge in [0.15, 0.2) is 0 Å². The number of benzene rings is 2. The number of nitrogens with one attached hydrogen (secondary N) is 1. The SMILES string of the molecule is Cc1cc(NCCc2ccccc2)c(Br)cc1[N+](=O)[O-]. The Morgan fingerprint density at radius 3 is 2.60 bits per heavy atom. The average Bonchev–Trinajstić information content (AvgIpc) is 2.43. The summed E-state index contributed by atoms with van der Waals surface area (Å²) in [6.45, 7) is 2.52. The van der Waals surface area contributed by atoms with Gasteiger partial charge in [-0.15, -0.1) is 0 Å². The highest BCUT2D eigenvalue weighted by Crippen LogP contribution is 2.30. The lowest BCUT2D eigenvalue weighted by Crippen LogP contribution is -2.06. The lowest BCUT2D eigenvalue weighted by molar-refractivity contribution is -0.385. The van der Waals surface area contributed by atoms with E-state index in [0.717, 1.165) is 18.7 Å². The third-order valence-corrected chi connectivity index (χ3v) is 3.71. The van der Waals surface area contributed by atoms with E-state index >= 15 is 0 Å². The van der Waals surface area contributed by atoms with E-state index < -0.39 is 0 Å². The molecule has 0 saturated carbocycles. The van der Waals surface area contributed by atoms with Crippen molar-refractivity contribution in [3.63, 3.8) is 0 Å². The Labute approximate surface area is 126 Å². The summed E-state index contributed by atoms with van der Waals surface area (Å²) in [7, 11) is 0. The zero-order chi connectivity index (χ0) is 14.5. The van der Waals surface area contributed by atoms with Crippen molar-refractivity contribution in [2.24, 2.45) is 0 Å². The number of halogens is 1. The Kier molecular flexibility index (Phi) is 4.74. The van der Waals surface area contributed by atoms with Crippen LogP contribution in [0.3, 0.4) is 0 Å². The summed E-state index contributed by atoms with van der Waals surface area (Å²) in [5.41, 5.74) is 2.92. The maximum Gasteiger partial charge on any atom is 0.273 e. The Morgan fingerprint density at radius 1 is 1.25 bits per heavy atom. The van der Waals surface area contributed by atoms with Crippen LogP contribution in [0.15, 0.2) is 46.9 Å². The summed E-state index contributed by atoms with van der Waals surface area (Å²) >= 11 is 3.37. The molecule has 104 valence electrons. The number of hydrogen-bond donors (Lipinski definition) is 1. The van der Waals surface area contributed by atoms with Crippen molar-refractivity contribution in [2.45, 2.75) is 13.3 Å². The molecule has 0 heterocycles. The minimum Gasteiger partial charge on any atom is -0.384 e. The van der Waals surface area contributed by atoms with Gasteiger partial charge in [-0.25, -0.2) is 0 Å². The molecule has 2 rings (SSSR count). The first-order valence-corrected chi connectivity index (χ1v) is 7.09. The first-order chi connectivity index (χ1) is 9.58. The van der Waals surface area contributed by atoms with Gasteiger partial charge in [0.05, 0.1) is 4.92 Å². The molecular formula is C15H15BrN2O2. The summed E-state index contributed by atoms with van der Waals surface area (Å²) in [4.78, 5) is 10.5. The highest BCUT2D eigenvalue weighted by atomic mass is 79.9. The van der Waals surface area contributed by atoms with E-state index in [4.69, 9.17) is 0 Å². The van der Waals surface area contributed by atoms with Gasteiger partial charge in [0.25, 0.3) is 5.69 Å². The summed E-state index contributed by atoms with van der Waals surface area (Å²) in [5, 5.41) is 14.1. The zero-order valence-corrected chi connectivity index (χ0v) is 12.7. The molecular weight excluding hydrogens is 320 g/mol. The van der Waals surface area contributed by atoms with Crippen LogP contribution >= 0.6 is 15.9 Å². The molecule has 2 aromatic rings. The van der Waals surface area contributed by atoms with Gasteiger partial charge < -0.3 is 5.32 Å². The van der Waals surface area contributed by atoms with E-state index in [-0.39, 0.29) is 10.6 Å². The Balaban J connectivity index is 2.03. The second-order valence-corrected chi connectivity index (χ2v) is 5.39. The van der Waals surface area contributed by atoms with E-state index in [1.165, 1.54) is 5.56 Å². The molecule has 0 aliphatic rings. The van der Waals surface area contributed by atoms with Crippen molar-refractivity contribution in [1.82, 2.24) is 0 Å². The lowest BCUT2D eigenvalue weighted by Gasteiger charge is -2.10. The summed E-state index contributed by atoms with van der Waals surface area (Å²) in [6, 6.07) is 13.5. The Hall–Kier alpha value is -1.88. The van der Waals surface area contributed by atoms with Crippen LogP contribution in [0.1, 0.15) is 11.1 Å². The number of hydrogen-bond acceptors (Lipinski definition) is 3. The van der Waals surface area contributed by atoms with Gasteiger partial charge in [-0.3, -0.25) is 10.1 Å². The second kappa shape index (κ2) is 6.52. The Bertz CT molecular complexity index is 615. The highest BCUT2D eigenvalue weighted by Gasteiger charge is 2.13. The van der Waals surface area contributed by atoms with Gasteiger partial charge in [-0.2, -0.15) is 0 Å². The number of nitro groups is 1. The quantitative estimate of drug-likeness (QED) is 0.654. The number of anilines is 1. The maximum atomic E-state index is 10.8. The van der Waals surface area contributed by atoms with Gasteiger partial charge in [0.2, 0.25) is 0 Å². The molecule has 0 saturated heterocycles. The van der Waals surface area contributed by atoms with Crippen LogP contribution in [-0.2, 0) is 6.42 Å². The van der Waals surface area contributed by atoms with Crippen LogP contribution in [-0.4, -0.2) is 11.5 Å². The smallest absolute Gasteiger partial charge is 0.273 e. The summed E-state index contributed by atoms with van der Waals surface area (Å²) in [5.74, 6) is 0. The van der Waals surface area contributed by atoms with Gasteiger partial charge in [-0.05, 0) is 40.9 Å². The fourth-order valence-electron chi connectivity index (χ4n) is 1.99. The second-order valence-electron chi connectivity index (χ2n) is 4.54. The van der Waals surface area contributed by atoms with E-state index in [9.17, 15) is 10.1 Å². The largest absolute Gasteiger partial charge is 0.384 e. The molecule has 4 nitrogen and oxygen atoms in total. The molecule has 0 aliphatic carbocycles. The minimum atomic E-state index is -0.367. The molecule has 20 heavy (non-hydrogen) atoms. The fourth-order valence-corrected chi connectivity index (χ4v) is 2.46. The van der Waals surface area contributed by atoms with Crippen LogP contribution in [0.25, 0.3) is 0 Å². The number of aryl methyl sites for hydroxylation is 1. The summed E-state index contributed by atoms with van der Waals surface area (Å²) in [6.07, 6.45) is 0.906. The zero-order valence-electron chi connectivity index (χ0n) is 11.1. The molecule has 0 fully saturated rings. The summed E-state index contributed by atoms with van der Waals surface area (Å²) < 4.78 is 0.711. The highest BCUT2D eigenvalue weighted by molar-refractivity contribution is 9.10. The van der Waals surface area contributed by atoms with Gasteiger partial charge in [-0.1, -0.05) is 30.3 Å². The monoisotopic (exact) mass is 334 g/mol. The van der Waals surface area contributed by atoms with Crippen LogP contribution in [0.4, 0.5) is 11.4 Å². The van der Waals surface area contributed by atoms with E-state index in [1.807, 2.05) is 18.2 Å². The normalized spacial score (nSPS) is 10.3. The maximum absolute atomic E-state index is 10.8. The molecule has 0 amide bonds. The van der Waals surface area contributed by atoms with Gasteiger partial charge in [0.1, 0.15) is 0 Å². The lowest BCUT2D eigenvalue weighted by atomic mass is 10.1. The van der Waals surface area contributed by atoms with Crippen LogP contribution < -0.4 is 5.32 Å². The van der Waals surface area contributed by atoms with E-state index in [2.05, 4.69) is 33.4 Å². The molecule has 0 atom stereocenters. The van der Waals surface area contributed by atoms with E-state index in [1.54, 1.807) is 19.1 Å². The first-order valence-electron chi connectivity index (χ1n) is 6.30. The fraction of sp³-hybridized carbons (Fsp3) is 0.200. The molecule has 0 unspecified atom stereocenters. The molecule has 0 aliphatic heterocycles. The Morgan fingerprint density at radius 2 is 1.95 bits per heavy atom. The van der Waals surface area contributed by atoms with Crippen LogP contribution in [0, 0.1) is 17.0 Å². The van der Waals surface area contributed by atoms with Crippen molar-refractivity contribution >= 4 is 27.3 Å². The molecule has 5 heteroatoms. The van der Waals surface area contributed by atoms with Crippen LogP contribution in [0.5, 0.6) is 0 Å². The van der Waals surface area contributed by atoms with Crippen molar-refractivity contribution in [3.8, 4) is 0 Å². The average molecular weight is 335 g/mol. The molecule has 0 spiro atoms. The van der Waals surface area contributed by atoms with Gasteiger partial charge in [0, 0.05) is 28.3 Å². The minimum absolute atomic E-state index is 0.130. The number of nitro benzene ring substituents is 1. The van der Waals surface area contributed by atoms with E-state index in [0.29, 0.717) is 10.0 Å². The predicted molar refractivity (Wildman–Crippen MR) is 84.2 cm³/mol. The third-order valence-electron chi connectivity index (χ3n) is 3.05. The van der Waals surface area contributed by atoms with Crippen molar-refractivity contribution < 1.29 is 4.92 Å². The molecule has 0 radical (unpaired) electrons. The van der Waals surface area contributed by atoms with Crippen molar-refractivity contribution in [3.05, 3.63) is 68.2 Å². The van der Waals surface area contributed by atoms with Crippen molar-refractivity contribution in [1.29, 1.82) is 0 Å². The number of rotatable bonds is 5. The predicted octanol–water partition coefficient (Wildman–Crippen LogP) is 4.32. The molecule has 0 aromatic heterocycles. The molecule has 0 bridgehead atoms. The molecule has 1 N–H and O–H groups in total. The molecule has 2 aromatic carbocycles. The standard InChI is InChI=1S/C15H15BrN2O2/c1-11-9-14(13(16)10-15(11)18(19)20)17-8-7-12-5-3-2-4-6-12/h2-6,9-10,17H,7-8H2,1H3.